The maximum absolute atomic E-state index is 14.4. The smallest absolute Gasteiger partial charge is 0.434 e. The number of halogens is 7. The monoisotopic (exact) mass is 774 g/mol. The topological polar surface area (TPSA) is 79.1 Å². The third kappa shape index (κ3) is 7.01. The van der Waals surface area contributed by atoms with Crippen LogP contribution in [0.15, 0.2) is 80.1 Å². The number of aromatic nitrogens is 1. The first-order chi connectivity index (χ1) is 21.8. The molecule has 0 amide bonds. The fourth-order valence-electron chi connectivity index (χ4n) is 4.70. The number of esters is 1. The van der Waals surface area contributed by atoms with Crippen LogP contribution in [0.1, 0.15) is 29.7 Å². The number of carbonyl (C=O) groups excluding carboxylic acids is 1. The van der Waals surface area contributed by atoms with Crippen LogP contribution < -0.4 is 24.4 Å². The molecule has 3 aromatic carbocycles. The molecule has 0 bridgehead atoms. The van der Waals surface area contributed by atoms with E-state index in [0.29, 0.717) is 42.2 Å². The molecular weight excluding hydrogens is 756 g/mol. The molecule has 46 heavy (non-hydrogen) atoms. The zero-order chi connectivity index (χ0) is 33.3. The van der Waals surface area contributed by atoms with Gasteiger partial charge in [-0.15, -0.1) is 0 Å². The van der Waals surface area contributed by atoms with Gasteiger partial charge in [-0.3, -0.25) is 9.36 Å². The Bertz CT molecular complexity index is 2050. The van der Waals surface area contributed by atoms with E-state index in [9.17, 15) is 22.8 Å². The molecule has 2 heterocycles. The second-order valence-electron chi connectivity index (χ2n) is 9.67. The van der Waals surface area contributed by atoms with Gasteiger partial charge >= 0.3 is 12.1 Å². The van der Waals surface area contributed by atoms with Gasteiger partial charge in [0.1, 0.15) is 6.61 Å². The van der Waals surface area contributed by atoms with E-state index in [2.05, 4.69) is 20.9 Å². The number of ether oxygens (including phenoxy) is 3. The summed E-state index contributed by atoms with van der Waals surface area (Å²) in [7, 11) is 1.43. The molecule has 0 spiro atoms. The summed E-state index contributed by atoms with van der Waals surface area (Å²) in [6, 6.07) is 12.6. The summed E-state index contributed by atoms with van der Waals surface area (Å²) >= 11 is 22.5. The van der Waals surface area contributed by atoms with E-state index in [1.54, 1.807) is 30.3 Å². The number of allylic oxidation sites excluding steroid dienone is 1. The number of alkyl halides is 3. The van der Waals surface area contributed by atoms with Crippen LogP contribution in [0.2, 0.25) is 15.1 Å². The number of methoxy groups -OCH3 is 1. The molecule has 0 radical (unpaired) electrons. The lowest BCUT2D eigenvalue weighted by atomic mass is 9.95. The van der Waals surface area contributed by atoms with Gasteiger partial charge < -0.3 is 14.2 Å². The van der Waals surface area contributed by atoms with Crippen molar-refractivity contribution in [3.05, 3.63) is 122 Å². The average Bonchev–Trinajstić information content (AvgIpc) is 3.30. The van der Waals surface area contributed by atoms with Crippen molar-refractivity contribution in [3.8, 4) is 11.5 Å². The standard InChI is InChI=1S/C31H21BrCl3F3N2O5S/c1-3-44-29(42)24-25(16-4-7-18(33)8-5-16)40-28(41)23(46-30(40)39-27(24)31(36,37)38)12-15-10-20(32)26(22(11-15)43-2)45-14-17-6-9-19(34)13-21(17)35/h4-13,25H,3,14H2,1-2H3/b23-12-/t25-/m1/s1. The Hall–Kier alpha value is -3.29. The highest BCUT2D eigenvalue weighted by Crippen LogP contribution is 2.40. The third-order valence-electron chi connectivity index (χ3n) is 6.72. The minimum absolute atomic E-state index is 0.0555. The number of thiazole rings is 1. The predicted octanol–water partition coefficient (Wildman–Crippen LogP) is 7.65. The molecule has 1 atom stereocenters. The van der Waals surface area contributed by atoms with Crippen molar-refractivity contribution in [2.45, 2.75) is 25.7 Å². The number of hydrogen-bond acceptors (Lipinski definition) is 7. The summed E-state index contributed by atoms with van der Waals surface area (Å²) in [6.07, 6.45) is -3.54. The fraction of sp³-hybridized carbons (Fsp3) is 0.194. The van der Waals surface area contributed by atoms with Gasteiger partial charge in [0.2, 0.25) is 0 Å². The quantitative estimate of drug-likeness (QED) is 0.172. The van der Waals surface area contributed by atoms with Crippen LogP contribution in [-0.4, -0.2) is 30.4 Å². The van der Waals surface area contributed by atoms with E-state index in [1.165, 1.54) is 44.4 Å². The molecule has 1 aliphatic heterocycles. The van der Waals surface area contributed by atoms with Crippen molar-refractivity contribution >= 4 is 74.1 Å². The minimum Gasteiger partial charge on any atom is -0.493 e. The molecule has 5 rings (SSSR count). The second-order valence-corrected chi connectivity index (χ2v) is 12.8. The predicted molar refractivity (Wildman–Crippen MR) is 174 cm³/mol. The Balaban J connectivity index is 1.63. The molecule has 0 unspecified atom stereocenters. The average molecular weight is 777 g/mol. The van der Waals surface area contributed by atoms with Gasteiger partial charge in [-0.1, -0.05) is 64.3 Å². The van der Waals surface area contributed by atoms with Crippen LogP contribution in [0.4, 0.5) is 13.2 Å². The molecule has 1 aliphatic rings. The van der Waals surface area contributed by atoms with Crippen LogP contribution in [-0.2, 0) is 16.1 Å². The SMILES string of the molecule is CCOC(=O)C1=C(C(F)(F)F)N=c2s/c(=C\c3cc(Br)c(OCc4ccc(Cl)cc4Cl)c(OC)c3)c(=O)n2[C@@H]1c1ccc(Cl)cc1. The van der Waals surface area contributed by atoms with E-state index >= 15 is 0 Å². The number of nitrogens with zero attached hydrogens (tertiary/aromatic N) is 2. The first-order valence-electron chi connectivity index (χ1n) is 13.3. The summed E-state index contributed by atoms with van der Waals surface area (Å²) < 4.78 is 61.2. The van der Waals surface area contributed by atoms with Crippen molar-refractivity contribution in [2.24, 2.45) is 4.99 Å². The zero-order valence-electron chi connectivity index (χ0n) is 23.8. The van der Waals surface area contributed by atoms with Crippen molar-refractivity contribution in [1.29, 1.82) is 0 Å². The first-order valence-corrected chi connectivity index (χ1v) is 16.1. The largest absolute Gasteiger partial charge is 0.493 e. The number of benzene rings is 3. The fourth-order valence-corrected chi connectivity index (χ4v) is 6.87. The van der Waals surface area contributed by atoms with E-state index in [4.69, 9.17) is 49.0 Å². The highest BCUT2D eigenvalue weighted by Gasteiger charge is 2.45. The van der Waals surface area contributed by atoms with Gasteiger partial charge in [0.25, 0.3) is 5.56 Å². The molecule has 0 saturated carbocycles. The number of carbonyl (C=O) groups is 1. The molecule has 0 aliphatic carbocycles. The molecule has 0 saturated heterocycles. The summed E-state index contributed by atoms with van der Waals surface area (Å²) in [5, 5.41) is 1.22. The summed E-state index contributed by atoms with van der Waals surface area (Å²) in [4.78, 5) is 30.4. The third-order valence-corrected chi connectivity index (χ3v) is 9.13. The molecule has 0 fully saturated rings. The molecule has 240 valence electrons. The van der Waals surface area contributed by atoms with Gasteiger partial charge in [-0.05, 0) is 76.5 Å². The van der Waals surface area contributed by atoms with Crippen molar-refractivity contribution in [1.82, 2.24) is 4.57 Å². The van der Waals surface area contributed by atoms with Crippen LogP contribution in [0.25, 0.3) is 6.08 Å². The lowest BCUT2D eigenvalue weighted by Crippen LogP contribution is -2.41. The van der Waals surface area contributed by atoms with Crippen LogP contribution in [0, 0.1) is 0 Å². The van der Waals surface area contributed by atoms with E-state index in [1.807, 2.05) is 0 Å². The van der Waals surface area contributed by atoms with Gasteiger partial charge in [0.05, 0.1) is 34.3 Å². The Labute approximate surface area is 287 Å². The number of hydrogen-bond donors (Lipinski definition) is 0. The Morgan fingerprint density at radius 1 is 1.09 bits per heavy atom. The van der Waals surface area contributed by atoms with E-state index in [-0.39, 0.29) is 28.1 Å². The van der Waals surface area contributed by atoms with Gasteiger partial charge in [0, 0.05) is 20.6 Å². The Morgan fingerprint density at radius 2 is 1.78 bits per heavy atom. The summed E-state index contributed by atoms with van der Waals surface area (Å²) in [6.45, 7) is 1.38. The highest BCUT2D eigenvalue weighted by atomic mass is 79.9. The number of rotatable bonds is 8. The minimum atomic E-state index is -5.02. The van der Waals surface area contributed by atoms with Crippen molar-refractivity contribution in [3.63, 3.8) is 0 Å². The van der Waals surface area contributed by atoms with Crippen LogP contribution >= 0.6 is 62.1 Å². The molecule has 1 aromatic heterocycles. The Kier molecular flexibility index (Phi) is 10.2. The van der Waals surface area contributed by atoms with Crippen molar-refractivity contribution < 1.29 is 32.2 Å². The molecule has 15 heteroatoms. The van der Waals surface area contributed by atoms with Crippen molar-refractivity contribution in [2.75, 3.05) is 13.7 Å². The summed E-state index contributed by atoms with van der Waals surface area (Å²) in [5.74, 6) is -0.581. The number of fused-ring (bicyclic) bond motifs is 1. The van der Waals surface area contributed by atoms with Gasteiger partial charge in [0.15, 0.2) is 22.0 Å². The van der Waals surface area contributed by atoms with Gasteiger partial charge in [-0.25, -0.2) is 9.79 Å². The maximum atomic E-state index is 14.4. The van der Waals surface area contributed by atoms with Gasteiger partial charge in [-0.2, -0.15) is 13.2 Å². The molecule has 0 N–H and O–H groups in total. The maximum Gasteiger partial charge on any atom is 0.434 e. The lowest BCUT2D eigenvalue weighted by molar-refractivity contribution is -0.140. The van der Waals surface area contributed by atoms with Crippen LogP contribution in [0.5, 0.6) is 11.5 Å². The first kappa shape index (κ1) is 34.1. The van der Waals surface area contributed by atoms with Crippen LogP contribution in [0.3, 0.4) is 0 Å². The summed E-state index contributed by atoms with van der Waals surface area (Å²) in [5.41, 5.74) is -1.55. The normalized spacial score (nSPS) is 15.0. The molecule has 7 nitrogen and oxygen atoms in total. The Morgan fingerprint density at radius 3 is 2.41 bits per heavy atom. The molecule has 4 aromatic rings. The highest BCUT2D eigenvalue weighted by molar-refractivity contribution is 9.10. The second kappa shape index (κ2) is 13.8. The lowest BCUT2D eigenvalue weighted by Gasteiger charge is -2.26. The van der Waals surface area contributed by atoms with E-state index in [0.717, 1.165) is 15.9 Å². The zero-order valence-corrected chi connectivity index (χ0v) is 28.4. The molecular formula is C31H21BrCl3F3N2O5S. The van der Waals surface area contributed by atoms with E-state index < -0.39 is 35.0 Å².